The van der Waals surface area contributed by atoms with Crippen LogP contribution in [-0.2, 0) is 0 Å². The Morgan fingerprint density at radius 3 is 2.39 bits per heavy atom. The molecule has 0 aliphatic carbocycles. The number of carbonyl (C=O) groups is 1. The van der Waals surface area contributed by atoms with Gasteiger partial charge >= 0.3 is 0 Å². The van der Waals surface area contributed by atoms with Gasteiger partial charge in [-0.1, -0.05) is 30.3 Å². The third kappa shape index (κ3) is 4.41. The molecule has 0 N–H and O–H groups in total. The smallest absolute Gasteiger partial charge is 0.267 e. The van der Waals surface area contributed by atoms with Crippen molar-refractivity contribution < 1.29 is 4.79 Å². The van der Waals surface area contributed by atoms with E-state index in [9.17, 15) is 9.59 Å². The lowest BCUT2D eigenvalue weighted by molar-refractivity contribution is 0.0664. The fraction of sp³-hybridized carbons (Fsp3) is 0.333. The van der Waals surface area contributed by atoms with Crippen LogP contribution < -0.4 is 5.56 Å². The highest BCUT2D eigenvalue weighted by Gasteiger charge is 2.22. The van der Waals surface area contributed by atoms with Crippen molar-refractivity contribution >= 4 is 5.91 Å². The SMILES string of the molecule is CC(C)n1nc(-c2cc(C(=O)N3CCN(C)CC3)cnc2-c2ccccc2)ccc1=O. The number of nitrogens with zero attached hydrogens (tertiary/aromatic N) is 5. The van der Waals surface area contributed by atoms with E-state index in [-0.39, 0.29) is 17.5 Å². The summed E-state index contributed by atoms with van der Waals surface area (Å²) in [5, 5.41) is 4.58. The minimum Gasteiger partial charge on any atom is -0.336 e. The molecule has 4 rings (SSSR count). The van der Waals surface area contributed by atoms with E-state index in [4.69, 9.17) is 0 Å². The first-order valence-corrected chi connectivity index (χ1v) is 10.6. The summed E-state index contributed by atoms with van der Waals surface area (Å²) in [5.74, 6) is -0.0290. The molecule has 1 aromatic carbocycles. The molecular formula is C24H27N5O2. The highest BCUT2D eigenvalue weighted by molar-refractivity contribution is 5.96. The Labute approximate surface area is 182 Å². The average Bonchev–Trinajstić information content (AvgIpc) is 2.79. The molecular weight excluding hydrogens is 390 g/mol. The zero-order chi connectivity index (χ0) is 22.0. The average molecular weight is 418 g/mol. The van der Waals surface area contributed by atoms with Crippen LogP contribution in [0.5, 0.6) is 0 Å². The minimum atomic E-state index is -0.155. The van der Waals surface area contributed by atoms with E-state index in [0.29, 0.717) is 24.3 Å². The van der Waals surface area contributed by atoms with Gasteiger partial charge in [0.05, 0.1) is 23.0 Å². The maximum absolute atomic E-state index is 13.2. The largest absolute Gasteiger partial charge is 0.336 e. The van der Waals surface area contributed by atoms with E-state index >= 15 is 0 Å². The molecule has 1 aliphatic rings. The van der Waals surface area contributed by atoms with Gasteiger partial charge < -0.3 is 9.80 Å². The van der Waals surface area contributed by atoms with Crippen molar-refractivity contribution in [3.05, 3.63) is 70.6 Å². The molecule has 0 radical (unpaired) electrons. The number of amides is 1. The maximum Gasteiger partial charge on any atom is 0.267 e. The predicted octanol–water partition coefficient (Wildman–Crippen LogP) is 2.94. The lowest BCUT2D eigenvalue weighted by Crippen LogP contribution is -2.47. The van der Waals surface area contributed by atoms with Crippen molar-refractivity contribution in [1.29, 1.82) is 0 Å². The lowest BCUT2D eigenvalue weighted by atomic mass is 10.0. The molecule has 1 aliphatic heterocycles. The van der Waals surface area contributed by atoms with Gasteiger partial charge in [-0.05, 0) is 33.0 Å². The Morgan fingerprint density at radius 2 is 1.71 bits per heavy atom. The van der Waals surface area contributed by atoms with E-state index in [1.165, 1.54) is 10.7 Å². The summed E-state index contributed by atoms with van der Waals surface area (Å²) in [6.07, 6.45) is 1.64. The number of aromatic nitrogens is 3. The lowest BCUT2D eigenvalue weighted by Gasteiger charge is -2.32. The zero-order valence-corrected chi connectivity index (χ0v) is 18.2. The number of carbonyl (C=O) groups excluding carboxylic acids is 1. The van der Waals surface area contributed by atoms with E-state index in [0.717, 1.165) is 29.9 Å². The standard InChI is InChI=1S/C24H27N5O2/c1-17(2)29-22(30)10-9-21(26-29)20-15-19(24(31)28-13-11-27(3)12-14-28)16-25-23(20)18-7-5-4-6-8-18/h4-10,15-17H,11-14H2,1-3H3. The molecule has 0 spiro atoms. The minimum absolute atomic E-state index is 0.0290. The Bertz CT molecular complexity index is 1130. The Morgan fingerprint density at radius 1 is 1.00 bits per heavy atom. The summed E-state index contributed by atoms with van der Waals surface area (Å²) in [7, 11) is 2.06. The van der Waals surface area contributed by atoms with E-state index in [1.807, 2.05) is 55.1 Å². The van der Waals surface area contributed by atoms with Gasteiger partial charge in [-0.25, -0.2) is 4.68 Å². The second kappa shape index (κ2) is 8.81. The number of hydrogen-bond donors (Lipinski definition) is 0. The predicted molar refractivity (Wildman–Crippen MR) is 121 cm³/mol. The number of benzene rings is 1. The first-order valence-electron chi connectivity index (χ1n) is 10.6. The number of pyridine rings is 1. The summed E-state index contributed by atoms with van der Waals surface area (Å²) in [6, 6.07) is 14.8. The molecule has 0 unspecified atom stereocenters. The van der Waals surface area contributed by atoms with Gasteiger partial charge in [-0.2, -0.15) is 5.10 Å². The first-order chi connectivity index (χ1) is 14.9. The summed E-state index contributed by atoms with van der Waals surface area (Å²) in [4.78, 5) is 34.1. The van der Waals surface area contributed by atoms with E-state index in [1.54, 1.807) is 12.3 Å². The van der Waals surface area contributed by atoms with Gasteiger partial charge in [0.15, 0.2) is 0 Å². The van der Waals surface area contributed by atoms with Crippen LogP contribution in [0.15, 0.2) is 59.5 Å². The van der Waals surface area contributed by atoms with Crippen LogP contribution in [0.4, 0.5) is 0 Å². The molecule has 7 nitrogen and oxygen atoms in total. The first kappa shape index (κ1) is 20.9. The highest BCUT2D eigenvalue weighted by Crippen LogP contribution is 2.30. The van der Waals surface area contributed by atoms with Gasteiger partial charge in [-0.3, -0.25) is 14.6 Å². The molecule has 31 heavy (non-hydrogen) atoms. The molecule has 7 heteroatoms. The van der Waals surface area contributed by atoms with Crippen molar-refractivity contribution in [2.24, 2.45) is 0 Å². The fourth-order valence-corrected chi connectivity index (χ4v) is 3.73. The van der Waals surface area contributed by atoms with Gasteiger partial charge in [0, 0.05) is 49.6 Å². The highest BCUT2D eigenvalue weighted by atomic mass is 16.2. The third-order valence-corrected chi connectivity index (χ3v) is 5.56. The molecule has 0 bridgehead atoms. The number of hydrogen-bond acceptors (Lipinski definition) is 5. The van der Waals surface area contributed by atoms with E-state index < -0.39 is 0 Å². The van der Waals surface area contributed by atoms with Crippen LogP contribution in [0, 0.1) is 0 Å². The molecule has 3 aromatic rings. The van der Waals surface area contributed by atoms with Crippen molar-refractivity contribution in [3.63, 3.8) is 0 Å². The number of piperazine rings is 1. The second-order valence-corrected chi connectivity index (χ2v) is 8.18. The van der Waals surface area contributed by atoms with Crippen molar-refractivity contribution in [2.75, 3.05) is 33.2 Å². The van der Waals surface area contributed by atoms with Crippen molar-refractivity contribution in [3.8, 4) is 22.5 Å². The molecule has 0 saturated carbocycles. The fourth-order valence-electron chi connectivity index (χ4n) is 3.73. The topological polar surface area (TPSA) is 71.3 Å². The molecule has 1 amide bonds. The quantitative estimate of drug-likeness (QED) is 0.653. The molecule has 160 valence electrons. The van der Waals surface area contributed by atoms with Gasteiger partial charge in [0.1, 0.15) is 0 Å². The zero-order valence-electron chi connectivity index (χ0n) is 18.2. The molecule has 1 saturated heterocycles. The van der Waals surface area contributed by atoms with Crippen LogP contribution >= 0.6 is 0 Å². The summed E-state index contributed by atoms with van der Waals surface area (Å²) >= 11 is 0. The maximum atomic E-state index is 13.2. The van der Waals surface area contributed by atoms with Crippen LogP contribution in [0.2, 0.25) is 0 Å². The van der Waals surface area contributed by atoms with E-state index in [2.05, 4.69) is 22.0 Å². The van der Waals surface area contributed by atoms with Crippen molar-refractivity contribution in [1.82, 2.24) is 24.6 Å². The van der Waals surface area contributed by atoms with Gasteiger partial charge in [-0.15, -0.1) is 0 Å². The van der Waals surface area contributed by atoms with Gasteiger partial charge in [0.25, 0.3) is 11.5 Å². The van der Waals surface area contributed by atoms with Gasteiger partial charge in [0.2, 0.25) is 0 Å². The van der Waals surface area contributed by atoms with Crippen LogP contribution in [0.3, 0.4) is 0 Å². The molecule has 0 atom stereocenters. The Hall–Kier alpha value is -3.32. The molecule has 2 aromatic heterocycles. The summed E-state index contributed by atoms with van der Waals surface area (Å²) in [5.41, 5.74) is 3.39. The third-order valence-electron chi connectivity index (χ3n) is 5.56. The summed E-state index contributed by atoms with van der Waals surface area (Å²) < 4.78 is 1.46. The second-order valence-electron chi connectivity index (χ2n) is 8.18. The summed E-state index contributed by atoms with van der Waals surface area (Å²) in [6.45, 7) is 6.94. The number of likely N-dealkylation sites (N-methyl/N-ethyl adjacent to an activating group) is 1. The normalized spacial score (nSPS) is 14.8. The van der Waals surface area contributed by atoms with Crippen LogP contribution in [-0.4, -0.2) is 63.7 Å². The molecule has 3 heterocycles. The number of rotatable bonds is 4. The monoisotopic (exact) mass is 417 g/mol. The van der Waals surface area contributed by atoms with Crippen molar-refractivity contribution in [2.45, 2.75) is 19.9 Å². The van der Waals surface area contributed by atoms with Crippen LogP contribution in [0.25, 0.3) is 22.5 Å². The van der Waals surface area contributed by atoms with Crippen LogP contribution in [0.1, 0.15) is 30.2 Å². The Balaban J connectivity index is 1.81. The molecule has 1 fully saturated rings. The Kier molecular flexibility index (Phi) is 5.95.